The summed E-state index contributed by atoms with van der Waals surface area (Å²) in [6.45, 7) is 2.75. The highest BCUT2D eigenvalue weighted by atomic mass is 35.5. The number of hydrogen-bond donors (Lipinski definition) is 1. The number of nitrogen functional groups attached to an aromatic ring is 1. The monoisotopic (exact) mass is 518 g/mol. The third kappa shape index (κ3) is 5.73. The summed E-state index contributed by atoms with van der Waals surface area (Å²) >= 11 is 5.90. The molecule has 0 bridgehead atoms. The maximum Gasteiger partial charge on any atom is 0.260 e. The van der Waals surface area contributed by atoms with Gasteiger partial charge in [0.05, 0.1) is 17.8 Å². The maximum atomic E-state index is 12.7. The van der Waals surface area contributed by atoms with E-state index in [9.17, 15) is 4.79 Å². The van der Waals surface area contributed by atoms with Crippen molar-refractivity contribution in [3.63, 3.8) is 0 Å². The molecule has 1 aliphatic heterocycles. The first kappa shape index (κ1) is 24.7. The predicted octanol–water partition coefficient (Wildman–Crippen LogP) is 3.80. The van der Waals surface area contributed by atoms with Gasteiger partial charge >= 0.3 is 0 Å². The zero-order chi connectivity index (χ0) is 25.8. The highest BCUT2D eigenvalue weighted by molar-refractivity contribution is 6.30. The lowest BCUT2D eigenvalue weighted by atomic mass is 10.1. The van der Waals surface area contributed by atoms with Crippen molar-refractivity contribution in [3.05, 3.63) is 71.2 Å². The molecule has 0 unspecified atom stereocenters. The maximum absolute atomic E-state index is 12.7. The number of amides is 1. The van der Waals surface area contributed by atoms with Crippen LogP contribution in [0, 0.1) is 0 Å². The molecular weight excluding hydrogens is 492 g/mol. The van der Waals surface area contributed by atoms with Crippen LogP contribution in [0.25, 0.3) is 22.3 Å². The largest absolute Gasteiger partial charge is 0.484 e. The number of hydrogen-bond acceptors (Lipinski definition) is 8. The van der Waals surface area contributed by atoms with Gasteiger partial charge in [-0.05, 0) is 48.0 Å². The van der Waals surface area contributed by atoms with Gasteiger partial charge in [-0.3, -0.25) is 4.79 Å². The van der Waals surface area contributed by atoms with Crippen LogP contribution >= 0.6 is 11.6 Å². The smallest absolute Gasteiger partial charge is 0.260 e. The van der Waals surface area contributed by atoms with Crippen LogP contribution in [0.5, 0.6) is 5.75 Å². The predicted molar refractivity (Wildman–Crippen MR) is 144 cm³/mol. The van der Waals surface area contributed by atoms with E-state index < -0.39 is 0 Å². The summed E-state index contributed by atoms with van der Waals surface area (Å²) in [5.41, 5.74) is 10.2. The van der Waals surface area contributed by atoms with Gasteiger partial charge in [0.15, 0.2) is 12.4 Å². The molecule has 0 saturated carbocycles. The molecule has 10 heteroatoms. The zero-order valence-corrected chi connectivity index (χ0v) is 21.2. The Balaban J connectivity index is 1.31. The Kier molecular flexibility index (Phi) is 7.34. The minimum atomic E-state index is -0.0713. The summed E-state index contributed by atoms with van der Waals surface area (Å²) in [4.78, 5) is 30.4. The number of piperazine rings is 1. The summed E-state index contributed by atoms with van der Waals surface area (Å²) < 4.78 is 10.9. The molecule has 4 aromatic rings. The van der Waals surface area contributed by atoms with Gasteiger partial charge < -0.3 is 25.0 Å². The third-order valence-corrected chi connectivity index (χ3v) is 6.43. The number of ether oxygens (including phenoxy) is 2. The molecule has 2 aromatic heterocycles. The first-order valence-corrected chi connectivity index (χ1v) is 12.3. The fraction of sp³-hybridized carbons (Fsp3) is 0.259. The number of methoxy groups -OCH3 is 1. The highest BCUT2D eigenvalue weighted by Crippen LogP contribution is 2.28. The number of fused-ring (bicyclic) bond motifs is 1. The summed E-state index contributed by atoms with van der Waals surface area (Å²) in [5.74, 6) is 1.39. The van der Waals surface area contributed by atoms with Gasteiger partial charge in [-0.25, -0.2) is 9.97 Å². The standard InChI is InChI=1S/C27H27ClN6O3/c1-36-16-18-3-2-4-19(15-18)22-9-10-23-25(30-22)26(32-27(29)31-23)34-13-11-33(12-14-34)24(35)17-37-21-7-5-20(28)6-8-21/h2-10,15H,11-14,16-17H2,1H3,(H2,29,31,32). The average molecular weight is 519 g/mol. The number of carbonyl (C=O) groups excluding carboxylic acids is 1. The van der Waals surface area contributed by atoms with Crippen LogP contribution in [0.1, 0.15) is 5.56 Å². The minimum absolute atomic E-state index is 0.0297. The van der Waals surface area contributed by atoms with E-state index in [-0.39, 0.29) is 18.5 Å². The van der Waals surface area contributed by atoms with Gasteiger partial charge in [0, 0.05) is 43.9 Å². The summed E-state index contributed by atoms with van der Waals surface area (Å²) in [6, 6.07) is 18.9. The van der Waals surface area contributed by atoms with E-state index in [1.165, 1.54) is 0 Å². The van der Waals surface area contributed by atoms with E-state index in [0.717, 1.165) is 16.8 Å². The van der Waals surface area contributed by atoms with Crippen molar-refractivity contribution >= 4 is 40.3 Å². The number of pyridine rings is 1. The van der Waals surface area contributed by atoms with E-state index in [2.05, 4.69) is 20.9 Å². The summed E-state index contributed by atoms with van der Waals surface area (Å²) in [6.07, 6.45) is 0. The molecule has 2 N–H and O–H groups in total. The van der Waals surface area contributed by atoms with Crippen molar-refractivity contribution in [2.24, 2.45) is 0 Å². The molecule has 0 radical (unpaired) electrons. The number of anilines is 2. The fourth-order valence-electron chi connectivity index (χ4n) is 4.32. The van der Waals surface area contributed by atoms with Crippen molar-refractivity contribution in [2.45, 2.75) is 6.61 Å². The van der Waals surface area contributed by atoms with Crippen molar-refractivity contribution in [1.29, 1.82) is 0 Å². The Hall–Kier alpha value is -3.95. The normalized spacial score (nSPS) is 13.7. The van der Waals surface area contributed by atoms with E-state index in [0.29, 0.717) is 60.4 Å². The van der Waals surface area contributed by atoms with Crippen LogP contribution < -0.4 is 15.4 Å². The van der Waals surface area contributed by atoms with Crippen LogP contribution in [0.3, 0.4) is 0 Å². The first-order chi connectivity index (χ1) is 18.0. The van der Waals surface area contributed by atoms with Gasteiger partial charge in [0.1, 0.15) is 11.3 Å². The highest BCUT2D eigenvalue weighted by Gasteiger charge is 2.24. The molecule has 3 heterocycles. The second-order valence-corrected chi connectivity index (χ2v) is 9.15. The van der Waals surface area contributed by atoms with Crippen molar-refractivity contribution in [2.75, 3.05) is 50.5 Å². The topological polar surface area (TPSA) is 107 Å². The number of halogens is 1. The fourth-order valence-corrected chi connectivity index (χ4v) is 4.45. The van der Waals surface area contributed by atoms with E-state index in [4.69, 9.17) is 31.8 Å². The lowest BCUT2D eigenvalue weighted by Crippen LogP contribution is -2.50. The van der Waals surface area contributed by atoms with Crippen LogP contribution in [0.2, 0.25) is 5.02 Å². The zero-order valence-electron chi connectivity index (χ0n) is 20.4. The van der Waals surface area contributed by atoms with Crippen LogP contribution in [-0.4, -0.2) is 65.7 Å². The van der Waals surface area contributed by atoms with Gasteiger partial charge in [-0.1, -0.05) is 29.8 Å². The lowest BCUT2D eigenvalue weighted by Gasteiger charge is -2.35. The summed E-state index contributed by atoms with van der Waals surface area (Å²) in [5, 5.41) is 0.619. The molecule has 37 heavy (non-hydrogen) atoms. The number of aromatic nitrogens is 3. The first-order valence-electron chi connectivity index (χ1n) is 11.9. The van der Waals surface area contributed by atoms with Crippen LogP contribution in [0.15, 0.2) is 60.7 Å². The molecule has 0 aliphatic carbocycles. The van der Waals surface area contributed by atoms with Crippen LogP contribution in [0.4, 0.5) is 11.8 Å². The molecule has 190 valence electrons. The number of nitrogens with zero attached hydrogens (tertiary/aromatic N) is 5. The second kappa shape index (κ2) is 11.0. The molecule has 0 atom stereocenters. The molecule has 9 nitrogen and oxygen atoms in total. The minimum Gasteiger partial charge on any atom is -0.484 e. The Labute approximate surface area is 219 Å². The second-order valence-electron chi connectivity index (χ2n) is 8.71. The molecule has 5 rings (SSSR count). The molecule has 1 aliphatic rings. The third-order valence-electron chi connectivity index (χ3n) is 6.18. The van der Waals surface area contributed by atoms with Gasteiger partial charge in [0.2, 0.25) is 5.95 Å². The molecular formula is C27H27ClN6O3. The van der Waals surface area contributed by atoms with E-state index in [1.54, 1.807) is 36.3 Å². The number of carbonyl (C=O) groups is 1. The van der Waals surface area contributed by atoms with Gasteiger partial charge in [-0.2, -0.15) is 4.98 Å². The Bertz CT molecular complexity index is 1410. The number of nitrogens with two attached hydrogens (primary N) is 1. The molecule has 1 fully saturated rings. The molecule has 1 amide bonds. The lowest BCUT2D eigenvalue weighted by molar-refractivity contribution is -0.133. The SMILES string of the molecule is COCc1cccc(-c2ccc3nc(N)nc(N4CCN(C(=O)COc5ccc(Cl)cc5)CC4)c3n2)c1. The van der Waals surface area contributed by atoms with Gasteiger partial charge in [-0.15, -0.1) is 0 Å². The average Bonchev–Trinajstić information content (AvgIpc) is 2.92. The van der Waals surface area contributed by atoms with E-state index >= 15 is 0 Å². The Morgan fingerprint density at radius 2 is 1.78 bits per heavy atom. The van der Waals surface area contributed by atoms with Crippen molar-refractivity contribution in [3.8, 4) is 17.0 Å². The molecule has 0 spiro atoms. The van der Waals surface area contributed by atoms with E-state index in [1.807, 2.05) is 30.3 Å². The quantitative estimate of drug-likeness (QED) is 0.393. The van der Waals surface area contributed by atoms with Crippen LogP contribution in [-0.2, 0) is 16.1 Å². The number of benzene rings is 2. The molecule has 2 aromatic carbocycles. The van der Waals surface area contributed by atoms with Gasteiger partial charge in [0.25, 0.3) is 5.91 Å². The molecule has 1 saturated heterocycles. The van der Waals surface area contributed by atoms with Crippen molar-refractivity contribution in [1.82, 2.24) is 19.9 Å². The van der Waals surface area contributed by atoms with Crippen molar-refractivity contribution < 1.29 is 14.3 Å². The Morgan fingerprint density at radius 3 is 2.54 bits per heavy atom. The number of rotatable bonds is 7. The summed E-state index contributed by atoms with van der Waals surface area (Å²) in [7, 11) is 1.68. The Morgan fingerprint density at radius 1 is 1.00 bits per heavy atom.